The molecule has 1 aromatic rings. The van der Waals surface area contributed by atoms with Crippen molar-refractivity contribution >= 4 is 5.97 Å². The number of allylic oxidation sites excluding steroid dienone is 4. The van der Waals surface area contributed by atoms with Crippen molar-refractivity contribution in [3.63, 3.8) is 0 Å². The summed E-state index contributed by atoms with van der Waals surface area (Å²) in [5.41, 5.74) is 0.475. The molecule has 198 valence electrons. The summed E-state index contributed by atoms with van der Waals surface area (Å²) in [6.45, 7) is 5.27. The Balaban J connectivity index is 2.07. The smallest absolute Gasteiger partial charge is 0.308 e. The molecule has 0 aliphatic heterocycles. The van der Waals surface area contributed by atoms with Crippen molar-refractivity contribution < 1.29 is 14.6 Å². The average molecular weight is 486 g/mol. The Morgan fingerprint density at radius 3 is 2.09 bits per heavy atom. The monoisotopic (exact) mass is 485 g/mol. The minimum absolute atomic E-state index is 0.296. The molecule has 1 rings (SSSR count). The first-order valence-electron chi connectivity index (χ1n) is 13.8. The molecule has 0 radical (unpaired) electrons. The zero-order valence-electron chi connectivity index (χ0n) is 23.0. The van der Waals surface area contributed by atoms with Crippen LogP contribution in [0.15, 0.2) is 54.6 Å². The lowest BCUT2D eigenvalue weighted by Gasteiger charge is -2.29. The van der Waals surface area contributed by atoms with Crippen LogP contribution < -0.4 is 0 Å². The minimum atomic E-state index is -0.649. The van der Waals surface area contributed by atoms with E-state index in [4.69, 9.17) is 9.78 Å². The summed E-state index contributed by atoms with van der Waals surface area (Å²) in [5.74, 6) is -0.296. The molecule has 0 saturated heterocycles. The lowest BCUT2D eigenvalue weighted by molar-refractivity contribution is -0.281. The Bertz CT molecular complexity index is 698. The van der Waals surface area contributed by atoms with Gasteiger partial charge in [0, 0.05) is 6.54 Å². The third kappa shape index (κ3) is 16.4. The lowest BCUT2D eigenvalue weighted by atomic mass is 9.83. The third-order valence-electron chi connectivity index (χ3n) is 6.16. The Hall–Kier alpha value is -1.91. The fraction of sp³-hybridized carbons (Fsp3) is 0.645. The van der Waals surface area contributed by atoms with Gasteiger partial charge < -0.3 is 4.90 Å². The van der Waals surface area contributed by atoms with Crippen LogP contribution in [0.4, 0.5) is 0 Å². The van der Waals surface area contributed by atoms with Gasteiger partial charge in [-0.2, -0.15) is 4.89 Å². The van der Waals surface area contributed by atoms with E-state index in [1.165, 1.54) is 57.8 Å². The molecule has 0 fully saturated rings. The van der Waals surface area contributed by atoms with Crippen LogP contribution in [-0.4, -0.2) is 38.1 Å². The maximum atomic E-state index is 12.8. The predicted octanol–water partition coefficient (Wildman–Crippen LogP) is 8.09. The van der Waals surface area contributed by atoms with Gasteiger partial charge in [0.05, 0.1) is 12.0 Å². The van der Waals surface area contributed by atoms with E-state index in [1.54, 1.807) is 0 Å². The molecule has 0 N–H and O–H groups in total. The summed E-state index contributed by atoms with van der Waals surface area (Å²) < 4.78 is 0. The maximum absolute atomic E-state index is 12.8. The molecule has 0 aromatic heterocycles. The zero-order chi connectivity index (χ0) is 25.6. The fourth-order valence-electron chi connectivity index (χ4n) is 4.28. The lowest BCUT2D eigenvalue weighted by Crippen LogP contribution is -2.41. The fourth-order valence-corrected chi connectivity index (χ4v) is 4.28. The standard InChI is InChI=1S/C31H51NO3/c1-5-6-7-8-9-10-11-12-13-14-15-16-17-18-19-23-26-34-35-30(33)31(2,28-32(3)4)27-29-24-21-20-22-25-29/h9-10,12-13,20-22,24-25H,5-8,11,14-19,23,26-28H2,1-4H3/b10-9-,13-12-. The van der Waals surface area contributed by atoms with Gasteiger partial charge in [-0.05, 0) is 71.5 Å². The number of unbranched alkanes of at least 4 members (excludes halogenated alkanes) is 9. The van der Waals surface area contributed by atoms with Gasteiger partial charge in [0.1, 0.15) is 0 Å². The van der Waals surface area contributed by atoms with Gasteiger partial charge in [0.25, 0.3) is 0 Å². The normalized spacial score (nSPS) is 13.6. The van der Waals surface area contributed by atoms with E-state index in [-0.39, 0.29) is 5.97 Å². The molecule has 0 spiro atoms. The highest BCUT2D eigenvalue weighted by molar-refractivity contribution is 5.76. The molecular weight excluding hydrogens is 434 g/mol. The molecule has 0 aliphatic carbocycles. The first-order valence-corrected chi connectivity index (χ1v) is 13.8. The Kier molecular flexibility index (Phi) is 18.0. The van der Waals surface area contributed by atoms with Crippen LogP contribution in [0.1, 0.15) is 96.5 Å². The highest BCUT2D eigenvalue weighted by atomic mass is 17.2. The van der Waals surface area contributed by atoms with Crippen LogP contribution in [-0.2, 0) is 21.0 Å². The van der Waals surface area contributed by atoms with Crippen LogP contribution in [0.25, 0.3) is 0 Å². The van der Waals surface area contributed by atoms with Crippen LogP contribution in [0.5, 0.6) is 0 Å². The average Bonchev–Trinajstić information content (AvgIpc) is 2.83. The summed E-state index contributed by atoms with van der Waals surface area (Å²) in [6.07, 6.45) is 24.3. The van der Waals surface area contributed by atoms with Crippen molar-refractivity contribution in [1.29, 1.82) is 0 Å². The van der Waals surface area contributed by atoms with Crippen LogP contribution >= 0.6 is 0 Å². The van der Waals surface area contributed by atoms with E-state index in [9.17, 15) is 4.79 Å². The number of benzene rings is 1. The number of rotatable bonds is 21. The summed E-state index contributed by atoms with van der Waals surface area (Å²) in [6, 6.07) is 10.1. The van der Waals surface area contributed by atoms with E-state index in [0.29, 0.717) is 19.6 Å². The highest BCUT2D eigenvalue weighted by Gasteiger charge is 2.36. The van der Waals surface area contributed by atoms with Crippen molar-refractivity contribution in [2.24, 2.45) is 5.41 Å². The Labute approximate surface area is 215 Å². The molecule has 0 amide bonds. The summed E-state index contributed by atoms with van der Waals surface area (Å²) in [4.78, 5) is 25.3. The second kappa shape index (κ2) is 20.3. The molecule has 0 bridgehead atoms. The van der Waals surface area contributed by atoms with Gasteiger partial charge >= 0.3 is 5.97 Å². The molecule has 4 nitrogen and oxygen atoms in total. The molecule has 0 heterocycles. The molecule has 1 atom stereocenters. The summed E-state index contributed by atoms with van der Waals surface area (Å²) >= 11 is 0. The van der Waals surface area contributed by atoms with Gasteiger partial charge in [-0.15, -0.1) is 0 Å². The summed E-state index contributed by atoms with van der Waals surface area (Å²) in [7, 11) is 3.95. The van der Waals surface area contributed by atoms with Crippen LogP contribution in [0.2, 0.25) is 0 Å². The number of carbonyl (C=O) groups excluding carboxylic acids is 1. The van der Waals surface area contributed by atoms with Gasteiger partial charge in [-0.25, -0.2) is 4.79 Å². The van der Waals surface area contributed by atoms with E-state index in [1.807, 2.05) is 56.3 Å². The molecular formula is C31H51NO3. The predicted molar refractivity (Wildman–Crippen MR) is 148 cm³/mol. The van der Waals surface area contributed by atoms with Gasteiger partial charge in [0.15, 0.2) is 0 Å². The van der Waals surface area contributed by atoms with E-state index >= 15 is 0 Å². The number of carbonyl (C=O) groups is 1. The second-order valence-electron chi connectivity index (χ2n) is 10.2. The first-order chi connectivity index (χ1) is 17.0. The zero-order valence-corrected chi connectivity index (χ0v) is 23.0. The minimum Gasteiger partial charge on any atom is -0.308 e. The summed E-state index contributed by atoms with van der Waals surface area (Å²) in [5, 5.41) is 0. The largest absolute Gasteiger partial charge is 0.349 e. The van der Waals surface area contributed by atoms with Gasteiger partial charge in [0.2, 0.25) is 0 Å². The molecule has 4 heteroatoms. The number of hydrogen-bond acceptors (Lipinski definition) is 4. The SMILES string of the molecule is CCCCC/C=C\C/C=C\CCCCCCCCOOC(=O)C(C)(Cc1ccccc1)CN(C)C. The molecule has 0 aliphatic rings. The van der Waals surface area contributed by atoms with Crippen LogP contribution in [0.3, 0.4) is 0 Å². The van der Waals surface area contributed by atoms with E-state index < -0.39 is 5.41 Å². The second-order valence-corrected chi connectivity index (χ2v) is 10.2. The van der Waals surface area contributed by atoms with Crippen molar-refractivity contribution in [3.05, 3.63) is 60.2 Å². The number of nitrogens with zero attached hydrogens (tertiary/aromatic N) is 1. The number of hydrogen-bond donors (Lipinski definition) is 0. The first kappa shape index (κ1) is 31.1. The van der Waals surface area contributed by atoms with E-state index in [0.717, 1.165) is 24.8 Å². The topological polar surface area (TPSA) is 38.8 Å². The maximum Gasteiger partial charge on any atom is 0.349 e. The molecule has 1 unspecified atom stereocenters. The van der Waals surface area contributed by atoms with E-state index in [2.05, 4.69) is 31.2 Å². The van der Waals surface area contributed by atoms with Crippen molar-refractivity contribution in [1.82, 2.24) is 4.90 Å². The molecule has 35 heavy (non-hydrogen) atoms. The molecule has 0 saturated carbocycles. The quantitative estimate of drug-likeness (QED) is 0.0763. The Morgan fingerprint density at radius 2 is 1.46 bits per heavy atom. The van der Waals surface area contributed by atoms with Crippen molar-refractivity contribution in [2.45, 2.75) is 97.3 Å². The third-order valence-corrected chi connectivity index (χ3v) is 6.16. The highest BCUT2D eigenvalue weighted by Crippen LogP contribution is 2.25. The van der Waals surface area contributed by atoms with Crippen LogP contribution in [0, 0.1) is 5.41 Å². The Morgan fingerprint density at radius 1 is 0.857 bits per heavy atom. The van der Waals surface area contributed by atoms with Gasteiger partial charge in [-0.1, -0.05) is 100 Å². The van der Waals surface area contributed by atoms with Gasteiger partial charge in [-0.3, -0.25) is 4.89 Å². The molecule has 1 aromatic carbocycles. The van der Waals surface area contributed by atoms with Crippen molar-refractivity contribution in [3.8, 4) is 0 Å². The van der Waals surface area contributed by atoms with Crippen molar-refractivity contribution in [2.75, 3.05) is 27.2 Å².